The summed E-state index contributed by atoms with van der Waals surface area (Å²) in [6.45, 7) is 3.95. The van der Waals surface area contributed by atoms with Crippen molar-refractivity contribution in [2.75, 3.05) is 0 Å². The topological polar surface area (TPSA) is 20.2 Å². The van der Waals surface area contributed by atoms with Gasteiger partial charge in [0.15, 0.2) is 0 Å². The zero-order valence-electron chi connectivity index (χ0n) is 8.04. The van der Waals surface area contributed by atoms with Gasteiger partial charge in [-0.1, -0.05) is 36.5 Å². The summed E-state index contributed by atoms with van der Waals surface area (Å²) >= 11 is 0. The number of hydrogen-bond donors (Lipinski definition) is 1. The van der Waals surface area contributed by atoms with Crippen LogP contribution in [0.15, 0.2) is 24.3 Å². The van der Waals surface area contributed by atoms with Crippen LogP contribution < -0.4 is 0 Å². The summed E-state index contributed by atoms with van der Waals surface area (Å²) in [4.78, 5) is 0. The van der Waals surface area contributed by atoms with Crippen molar-refractivity contribution in [3.8, 4) is 11.8 Å². The number of aryl methyl sites for hydroxylation is 1. The van der Waals surface area contributed by atoms with Gasteiger partial charge in [-0.3, -0.25) is 0 Å². The van der Waals surface area contributed by atoms with E-state index >= 15 is 0 Å². The van der Waals surface area contributed by atoms with Crippen molar-refractivity contribution in [2.24, 2.45) is 0 Å². The van der Waals surface area contributed by atoms with Gasteiger partial charge in [-0.15, -0.1) is 0 Å². The van der Waals surface area contributed by atoms with Crippen LogP contribution in [-0.2, 0) is 0 Å². The second kappa shape index (κ2) is 4.69. The molecule has 0 saturated heterocycles. The van der Waals surface area contributed by atoms with Crippen molar-refractivity contribution in [1.82, 2.24) is 0 Å². The lowest BCUT2D eigenvalue weighted by molar-refractivity contribution is 0.228. The Morgan fingerprint density at radius 1 is 1.31 bits per heavy atom. The standard InChI is InChI=1S/C12H14O/c1-3-12(13)9-8-11-6-4-10(2)5-7-11/h4-7,12-13H,3H2,1-2H3/t12-/m1/s1. The summed E-state index contributed by atoms with van der Waals surface area (Å²) in [5.74, 6) is 5.70. The number of aliphatic hydroxyl groups is 1. The third-order valence-corrected chi connectivity index (χ3v) is 1.82. The van der Waals surface area contributed by atoms with E-state index in [2.05, 4.69) is 11.8 Å². The van der Waals surface area contributed by atoms with Crippen molar-refractivity contribution in [3.63, 3.8) is 0 Å². The molecule has 1 N–H and O–H groups in total. The molecule has 0 aliphatic rings. The average Bonchev–Trinajstić information content (AvgIpc) is 2.16. The van der Waals surface area contributed by atoms with E-state index in [4.69, 9.17) is 0 Å². The van der Waals surface area contributed by atoms with E-state index in [0.29, 0.717) is 6.42 Å². The Bertz CT molecular complexity index is 313. The Hall–Kier alpha value is -1.26. The van der Waals surface area contributed by atoms with Crippen LogP contribution in [0.5, 0.6) is 0 Å². The van der Waals surface area contributed by atoms with E-state index in [-0.39, 0.29) is 0 Å². The van der Waals surface area contributed by atoms with Gasteiger partial charge in [0, 0.05) is 5.56 Å². The maximum Gasteiger partial charge on any atom is 0.114 e. The van der Waals surface area contributed by atoms with Crippen LogP contribution in [0, 0.1) is 18.8 Å². The van der Waals surface area contributed by atoms with E-state index in [0.717, 1.165) is 5.56 Å². The molecule has 0 radical (unpaired) electrons. The normalized spacial score (nSPS) is 11.6. The molecule has 13 heavy (non-hydrogen) atoms. The summed E-state index contributed by atoms with van der Waals surface area (Å²) < 4.78 is 0. The minimum Gasteiger partial charge on any atom is -0.380 e. The third kappa shape index (κ3) is 3.31. The number of rotatable bonds is 1. The lowest BCUT2D eigenvalue weighted by Crippen LogP contribution is -1.98. The van der Waals surface area contributed by atoms with Crippen LogP contribution in [0.2, 0.25) is 0 Å². The van der Waals surface area contributed by atoms with Gasteiger partial charge in [-0.25, -0.2) is 0 Å². The fraction of sp³-hybridized carbons (Fsp3) is 0.333. The van der Waals surface area contributed by atoms with Crippen molar-refractivity contribution in [1.29, 1.82) is 0 Å². The number of hydrogen-bond acceptors (Lipinski definition) is 1. The van der Waals surface area contributed by atoms with Gasteiger partial charge in [-0.05, 0) is 25.5 Å². The van der Waals surface area contributed by atoms with Gasteiger partial charge in [0.05, 0.1) is 0 Å². The fourth-order valence-corrected chi connectivity index (χ4v) is 0.906. The van der Waals surface area contributed by atoms with Crippen LogP contribution in [0.1, 0.15) is 24.5 Å². The van der Waals surface area contributed by atoms with Gasteiger partial charge in [0.25, 0.3) is 0 Å². The highest BCUT2D eigenvalue weighted by molar-refractivity contribution is 5.36. The van der Waals surface area contributed by atoms with E-state index in [9.17, 15) is 5.11 Å². The highest BCUT2D eigenvalue weighted by atomic mass is 16.3. The Balaban J connectivity index is 2.72. The quantitative estimate of drug-likeness (QED) is 0.646. The Morgan fingerprint density at radius 2 is 1.92 bits per heavy atom. The summed E-state index contributed by atoms with van der Waals surface area (Å²) in [6.07, 6.45) is 0.181. The molecule has 0 heterocycles. The lowest BCUT2D eigenvalue weighted by Gasteiger charge is -1.95. The van der Waals surface area contributed by atoms with E-state index in [1.165, 1.54) is 5.56 Å². The SMILES string of the molecule is CC[C@@H](O)C#Cc1ccc(C)cc1. The molecule has 0 amide bonds. The molecule has 0 aromatic heterocycles. The highest BCUT2D eigenvalue weighted by Gasteiger charge is 1.91. The van der Waals surface area contributed by atoms with E-state index in [1.54, 1.807) is 0 Å². The number of benzene rings is 1. The molecule has 0 aliphatic heterocycles. The van der Waals surface area contributed by atoms with Gasteiger partial charge in [0.2, 0.25) is 0 Å². The van der Waals surface area contributed by atoms with Gasteiger partial charge < -0.3 is 5.11 Å². The zero-order chi connectivity index (χ0) is 9.68. The van der Waals surface area contributed by atoms with Crippen LogP contribution in [0.3, 0.4) is 0 Å². The Morgan fingerprint density at radius 3 is 2.46 bits per heavy atom. The van der Waals surface area contributed by atoms with Gasteiger partial charge in [-0.2, -0.15) is 0 Å². The van der Waals surface area contributed by atoms with Gasteiger partial charge >= 0.3 is 0 Å². The lowest BCUT2D eigenvalue weighted by atomic mass is 10.1. The predicted octanol–water partition coefficient (Wildman–Crippen LogP) is 2.12. The monoisotopic (exact) mass is 174 g/mol. The summed E-state index contributed by atoms with van der Waals surface area (Å²) in [6, 6.07) is 7.96. The minimum absolute atomic E-state index is 0.499. The second-order valence-corrected chi connectivity index (χ2v) is 3.06. The van der Waals surface area contributed by atoms with Crippen LogP contribution >= 0.6 is 0 Å². The van der Waals surface area contributed by atoms with Crippen LogP contribution in [-0.4, -0.2) is 11.2 Å². The molecule has 1 rings (SSSR count). The highest BCUT2D eigenvalue weighted by Crippen LogP contribution is 2.01. The van der Waals surface area contributed by atoms with Crippen molar-refractivity contribution >= 4 is 0 Å². The first-order chi connectivity index (χ1) is 6.22. The summed E-state index contributed by atoms with van der Waals surface area (Å²) in [5.41, 5.74) is 2.18. The number of aliphatic hydroxyl groups excluding tert-OH is 1. The first-order valence-corrected chi connectivity index (χ1v) is 4.48. The van der Waals surface area contributed by atoms with E-state index < -0.39 is 6.10 Å². The fourth-order valence-electron chi connectivity index (χ4n) is 0.906. The first kappa shape index (κ1) is 9.83. The Labute approximate surface area is 79.4 Å². The van der Waals surface area contributed by atoms with Crippen molar-refractivity contribution in [3.05, 3.63) is 35.4 Å². The van der Waals surface area contributed by atoms with E-state index in [1.807, 2.05) is 38.1 Å². The van der Waals surface area contributed by atoms with Gasteiger partial charge in [0.1, 0.15) is 6.10 Å². The molecular formula is C12H14O. The maximum absolute atomic E-state index is 9.20. The molecule has 1 aromatic carbocycles. The molecule has 1 heteroatoms. The molecular weight excluding hydrogens is 160 g/mol. The first-order valence-electron chi connectivity index (χ1n) is 4.48. The van der Waals surface area contributed by atoms with Crippen LogP contribution in [0.25, 0.3) is 0 Å². The molecule has 0 saturated carbocycles. The average molecular weight is 174 g/mol. The molecule has 68 valence electrons. The molecule has 1 nitrogen and oxygen atoms in total. The third-order valence-electron chi connectivity index (χ3n) is 1.82. The zero-order valence-corrected chi connectivity index (χ0v) is 8.04. The smallest absolute Gasteiger partial charge is 0.114 e. The van der Waals surface area contributed by atoms with Crippen LogP contribution in [0.4, 0.5) is 0 Å². The molecule has 0 bridgehead atoms. The second-order valence-electron chi connectivity index (χ2n) is 3.06. The molecule has 0 unspecified atom stereocenters. The van der Waals surface area contributed by atoms with Crippen molar-refractivity contribution in [2.45, 2.75) is 26.4 Å². The molecule has 0 aliphatic carbocycles. The molecule has 1 aromatic rings. The molecule has 1 atom stereocenters. The van der Waals surface area contributed by atoms with Crippen molar-refractivity contribution < 1.29 is 5.11 Å². The summed E-state index contributed by atoms with van der Waals surface area (Å²) in [5, 5.41) is 9.20. The maximum atomic E-state index is 9.20. The minimum atomic E-state index is -0.499. The summed E-state index contributed by atoms with van der Waals surface area (Å²) in [7, 11) is 0. The predicted molar refractivity (Wildman–Crippen MR) is 54.4 cm³/mol. The molecule has 0 spiro atoms. The largest absolute Gasteiger partial charge is 0.380 e. The molecule has 0 fully saturated rings. The Kier molecular flexibility index (Phi) is 3.54.